The quantitative estimate of drug-likeness (QED) is 0.227. The second-order valence-corrected chi connectivity index (χ2v) is 15.0. The molecule has 0 radical (unpaired) electrons. The van der Waals surface area contributed by atoms with Crippen molar-refractivity contribution in [3.8, 4) is 0 Å². The van der Waals surface area contributed by atoms with Gasteiger partial charge in [0.2, 0.25) is 18.1 Å². The first-order valence-electron chi connectivity index (χ1n) is 15.1. The number of aryl methyl sites for hydroxylation is 1. The number of aliphatic imine (C=N–C) groups is 2. The summed E-state index contributed by atoms with van der Waals surface area (Å²) in [7, 11) is 0. The first-order chi connectivity index (χ1) is 20.4. The van der Waals surface area contributed by atoms with Crippen LogP contribution in [0.3, 0.4) is 0 Å². The average Bonchev–Trinajstić information content (AvgIpc) is 2.83. The molecule has 5 unspecified atom stereocenters. The molecule has 2 aliphatic carbocycles. The number of alkyl carbamates (subject to hydrolysis) is 1. The van der Waals surface area contributed by atoms with Crippen LogP contribution in [0.25, 0.3) is 0 Å². The predicted molar refractivity (Wildman–Crippen MR) is 165 cm³/mol. The highest BCUT2D eigenvalue weighted by Gasteiger charge is 2.43. The third-order valence-corrected chi connectivity index (χ3v) is 8.67. The van der Waals surface area contributed by atoms with Crippen molar-refractivity contribution < 1.29 is 23.9 Å². The molecule has 2 aliphatic rings. The maximum Gasteiger partial charge on any atom is 0.407 e. The number of carbonyl (C=O) groups is 2. The number of rotatable bonds is 9. The average molecular weight is 614 g/mol. The summed E-state index contributed by atoms with van der Waals surface area (Å²) in [5.74, 6) is -0.0320. The van der Waals surface area contributed by atoms with Crippen molar-refractivity contribution >= 4 is 30.2 Å². The number of H-pyrrole nitrogens is 1. The molecule has 13 heteroatoms. The minimum atomic E-state index is -0.909. The number of urea groups is 1. The predicted octanol–water partition coefficient (Wildman–Crippen LogP) is 4.83. The van der Waals surface area contributed by atoms with E-state index < -0.39 is 23.8 Å². The maximum atomic E-state index is 13.0. The van der Waals surface area contributed by atoms with Gasteiger partial charge in [0.15, 0.2) is 0 Å². The van der Waals surface area contributed by atoms with E-state index in [-0.39, 0.29) is 45.3 Å². The van der Waals surface area contributed by atoms with Gasteiger partial charge < -0.3 is 20.4 Å². The molecule has 1 heterocycles. The van der Waals surface area contributed by atoms with E-state index in [0.717, 1.165) is 25.7 Å². The molecule has 5 atom stereocenters. The SMILES string of the molecule is Cc1[nH]c(NC(=O)NC2CC(C)(C)CC(C)(CN=C=O)C2)nc(=O)c1C(C)OC(=O)NC1CC(C)(C)CC(C)(CN=C=O)C1. The van der Waals surface area contributed by atoms with E-state index in [1.54, 1.807) is 26.0 Å². The Hall–Kier alpha value is -3.82. The summed E-state index contributed by atoms with van der Waals surface area (Å²) >= 11 is 0. The van der Waals surface area contributed by atoms with Gasteiger partial charge in [-0.2, -0.15) is 4.98 Å². The third kappa shape index (κ3) is 9.59. The van der Waals surface area contributed by atoms with Crippen molar-refractivity contribution in [3.05, 3.63) is 21.6 Å². The lowest BCUT2D eigenvalue weighted by atomic mass is 9.62. The molecule has 1 aromatic rings. The normalized spacial score (nSPS) is 27.9. The van der Waals surface area contributed by atoms with Crippen LogP contribution in [0.4, 0.5) is 15.5 Å². The van der Waals surface area contributed by atoms with E-state index >= 15 is 0 Å². The number of nitrogens with one attached hydrogen (secondary N) is 4. The zero-order valence-corrected chi connectivity index (χ0v) is 27.2. The van der Waals surface area contributed by atoms with E-state index in [0.29, 0.717) is 31.6 Å². The molecule has 0 saturated heterocycles. The van der Waals surface area contributed by atoms with Gasteiger partial charge in [0, 0.05) is 17.8 Å². The number of ether oxygens (including phenoxy) is 1. The van der Waals surface area contributed by atoms with Crippen molar-refractivity contribution in [3.63, 3.8) is 0 Å². The van der Waals surface area contributed by atoms with Crippen LogP contribution in [-0.4, -0.2) is 59.4 Å². The van der Waals surface area contributed by atoms with Gasteiger partial charge in [-0.05, 0) is 74.0 Å². The van der Waals surface area contributed by atoms with E-state index in [9.17, 15) is 24.0 Å². The molecule has 0 spiro atoms. The van der Waals surface area contributed by atoms with Crippen LogP contribution in [0.15, 0.2) is 14.8 Å². The Bertz CT molecular complexity index is 1390. The molecule has 242 valence electrons. The molecule has 2 fully saturated rings. The summed E-state index contributed by atoms with van der Waals surface area (Å²) in [4.78, 5) is 74.6. The second kappa shape index (κ2) is 13.4. The molecule has 13 nitrogen and oxygen atoms in total. The summed E-state index contributed by atoms with van der Waals surface area (Å²) in [5, 5.41) is 8.49. The Morgan fingerprint density at radius 2 is 1.43 bits per heavy atom. The van der Waals surface area contributed by atoms with Gasteiger partial charge in [-0.15, -0.1) is 0 Å². The number of aromatic amines is 1. The molecule has 4 N–H and O–H groups in total. The Labute approximate surface area is 258 Å². The highest BCUT2D eigenvalue weighted by molar-refractivity contribution is 5.87. The summed E-state index contributed by atoms with van der Waals surface area (Å²) in [5.41, 5.74) is -0.755. The molecule has 0 aromatic carbocycles. The van der Waals surface area contributed by atoms with Gasteiger partial charge in [-0.25, -0.2) is 29.2 Å². The molecule has 44 heavy (non-hydrogen) atoms. The lowest BCUT2D eigenvalue weighted by Gasteiger charge is -2.46. The lowest BCUT2D eigenvalue weighted by molar-refractivity contribution is 0.0626. The highest BCUT2D eigenvalue weighted by Crippen LogP contribution is 2.47. The molecule has 0 bridgehead atoms. The van der Waals surface area contributed by atoms with Crippen LogP contribution in [0.2, 0.25) is 0 Å². The largest absolute Gasteiger partial charge is 0.441 e. The van der Waals surface area contributed by atoms with Crippen LogP contribution in [0, 0.1) is 28.6 Å². The van der Waals surface area contributed by atoms with Crippen LogP contribution in [0.5, 0.6) is 0 Å². The number of aromatic nitrogens is 2. The van der Waals surface area contributed by atoms with E-state index in [1.807, 2.05) is 13.8 Å². The van der Waals surface area contributed by atoms with Crippen LogP contribution in [0.1, 0.15) is 104 Å². The number of hydrogen-bond acceptors (Lipinski definition) is 9. The Kier molecular flexibility index (Phi) is 10.6. The maximum absolute atomic E-state index is 13.0. The zero-order chi connectivity index (χ0) is 32.9. The second-order valence-electron chi connectivity index (χ2n) is 15.0. The Morgan fingerprint density at radius 1 is 0.932 bits per heavy atom. The molecular formula is C31H47N7O6. The Balaban J connectivity index is 1.63. The standard InChI is InChI=1S/C31H47N7O6/c1-19-23(20(2)44-27(43)36-22-10-29(5,6)14-31(8,12-22)16-33-18-40)24(41)37-25(34-19)38-26(42)35-21-9-28(3,4)13-30(7,11-21)15-32-17-39/h20-22H,9-16H2,1-8H3,(H,36,43)(H3,34,35,37,38,41,42). The number of nitrogens with zero attached hydrogens (tertiary/aromatic N) is 3. The minimum Gasteiger partial charge on any atom is -0.441 e. The summed E-state index contributed by atoms with van der Waals surface area (Å²) in [6.07, 6.45) is 6.07. The van der Waals surface area contributed by atoms with Crippen LogP contribution < -0.4 is 21.5 Å². The lowest BCUT2D eigenvalue weighted by Crippen LogP contribution is -2.49. The number of isocyanates is 2. The topological polar surface area (TPSA) is 184 Å². The van der Waals surface area contributed by atoms with E-state index in [4.69, 9.17) is 4.74 Å². The summed E-state index contributed by atoms with van der Waals surface area (Å²) in [6, 6.07) is -0.887. The molecule has 1 aromatic heterocycles. The van der Waals surface area contributed by atoms with Crippen molar-refractivity contribution in [2.75, 3.05) is 18.4 Å². The smallest absolute Gasteiger partial charge is 0.407 e. The molecule has 2 saturated carbocycles. The summed E-state index contributed by atoms with van der Waals surface area (Å²) in [6.45, 7) is 16.4. The number of carbonyl (C=O) groups excluding carboxylic acids is 4. The van der Waals surface area contributed by atoms with Crippen LogP contribution >= 0.6 is 0 Å². The first kappa shape index (κ1) is 34.7. The zero-order valence-electron chi connectivity index (χ0n) is 27.2. The van der Waals surface area contributed by atoms with Gasteiger partial charge in [-0.1, -0.05) is 41.5 Å². The monoisotopic (exact) mass is 613 g/mol. The van der Waals surface area contributed by atoms with Gasteiger partial charge in [-0.3, -0.25) is 10.1 Å². The number of hydrogen-bond donors (Lipinski definition) is 4. The van der Waals surface area contributed by atoms with Crippen LogP contribution in [-0.2, 0) is 14.3 Å². The molecule has 3 amide bonds. The third-order valence-electron chi connectivity index (χ3n) is 8.67. The molecule has 3 rings (SSSR count). The molecular weight excluding hydrogens is 566 g/mol. The fraction of sp³-hybridized carbons (Fsp3) is 0.742. The minimum absolute atomic E-state index is 0.0320. The van der Waals surface area contributed by atoms with Gasteiger partial charge >= 0.3 is 12.1 Å². The Morgan fingerprint density at radius 3 is 1.91 bits per heavy atom. The highest BCUT2D eigenvalue weighted by atomic mass is 16.6. The van der Waals surface area contributed by atoms with Crippen molar-refractivity contribution in [1.29, 1.82) is 0 Å². The van der Waals surface area contributed by atoms with Crippen molar-refractivity contribution in [1.82, 2.24) is 20.6 Å². The number of anilines is 1. The molecule has 0 aliphatic heterocycles. The fourth-order valence-corrected chi connectivity index (χ4v) is 8.04. The van der Waals surface area contributed by atoms with E-state index in [1.165, 1.54) is 0 Å². The van der Waals surface area contributed by atoms with Crippen molar-refractivity contribution in [2.24, 2.45) is 31.6 Å². The van der Waals surface area contributed by atoms with Gasteiger partial charge in [0.1, 0.15) is 6.10 Å². The van der Waals surface area contributed by atoms with E-state index in [2.05, 4.69) is 63.6 Å². The van der Waals surface area contributed by atoms with Gasteiger partial charge in [0.05, 0.1) is 18.7 Å². The fourth-order valence-electron chi connectivity index (χ4n) is 8.04. The summed E-state index contributed by atoms with van der Waals surface area (Å²) < 4.78 is 5.58. The first-order valence-corrected chi connectivity index (χ1v) is 15.1. The number of amides is 3. The van der Waals surface area contributed by atoms with Gasteiger partial charge in [0.25, 0.3) is 5.56 Å². The van der Waals surface area contributed by atoms with Crippen molar-refractivity contribution in [2.45, 2.75) is 112 Å².